The quantitative estimate of drug-likeness (QED) is 0.528. The molecule has 0 spiro atoms. The Kier molecular flexibility index (Phi) is 6.31. The van der Waals surface area contributed by atoms with Crippen molar-refractivity contribution in [2.75, 3.05) is 32.8 Å². The van der Waals surface area contributed by atoms with Gasteiger partial charge in [-0.05, 0) is 74.9 Å². The number of rotatable bonds is 5. The summed E-state index contributed by atoms with van der Waals surface area (Å²) in [6.45, 7) is 4.32. The molecule has 0 N–H and O–H groups in total. The highest BCUT2D eigenvalue weighted by Gasteiger charge is 2.39. The van der Waals surface area contributed by atoms with Crippen LogP contribution in [0.5, 0.6) is 5.75 Å². The molecule has 2 saturated heterocycles. The zero-order valence-corrected chi connectivity index (χ0v) is 18.7. The van der Waals surface area contributed by atoms with E-state index in [9.17, 15) is 9.59 Å². The van der Waals surface area contributed by atoms with Gasteiger partial charge in [0.15, 0.2) is 5.78 Å². The van der Waals surface area contributed by atoms with Gasteiger partial charge in [0.25, 0.3) is 0 Å². The number of Topliss-reactive ketones (excluding diaryl/α,β-unsaturated/α-hetero) is 1. The lowest BCUT2D eigenvalue weighted by atomic mass is 9.87. The van der Waals surface area contributed by atoms with Crippen LogP contribution in [-0.2, 0) is 11.2 Å². The first-order chi connectivity index (χ1) is 15.2. The second-order valence-corrected chi connectivity index (χ2v) is 10.0. The first-order valence-corrected chi connectivity index (χ1v) is 12.5. The Morgan fingerprint density at radius 3 is 2.52 bits per heavy atom. The van der Waals surface area contributed by atoms with Crippen molar-refractivity contribution in [1.82, 2.24) is 9.80 Å². The minimum atomic E-state index is 0.0407. The Bertz CT molecular complexity index is 807. The molecule has 1 unspecified atom stereocenters. The lowest BCUT2D eigenvalue weighted by Gasteiger charge is -2.34. The number of piperidine rings is 1. The molecule has 1 atom stereocenters. The summed E-state index contributed by atoms with van der Waals surface area (Å²) in [5.74, 6) is 2.32. The average molecular weight is 425 g/mol. The van der Waals surface area contributed by atoms with E-state index in [1.165, 1.54) is 38.5 Å². The zero-order valence-electron chi connectivity index (χ0n) is 18.7. The molecule has 5 heteroatoms. The van der Waals surface area contributed by atoms with Crippen molar-refractivity contribution in [3.05, 3.63) is 29.3 Å². The summed E-state index contributed by atoms with van der Waals surface area (Å²) in [6, 6.07) is 5.94. The van der Waals surface area contributed by atoms with Gasteiger partial charge in [0.1, 0.15) is 5.75 Å². The van der Waals surface area contributed by atoms with E-state index in [2.05, 4.69) is 9.80 Å². The topological polar surface area (TPSA) is 49.9 Å². The Labute approximate surface area is 186 Å². The maximum absolute atomic E-state index is 13.1. The fourth-order valence-electron chi connectivity index (χ4n) is 6.15. The number of hydrogen-bond acceptors (Lipinski definition) is 4. The standard InChI is InChI=1S/C26H36N2O3/c29-25(22-7-8-24-21(17-22)12-16-31-24)20-9-13-27(14-10-20)23-11-15-28(26(23)30)18-19-5-3-1-2-4-6-19/h7-8,17,19-20,23H,1-6,9-16,18H2. The molecule has 1 aliphatic carbocycles. The SMILES string of the molecule is O=C(c1ccc2c(c1)CCO2)C1CCN(C2CCN(CC3CCCCCC3)C2=O)CC1. The van der Waals surface area contributed by atoms with E-state index in [0.29, 0.717) is 11.8 Å². The minimum absolute atomic E-state index is 0.0407. The van der Waals surface area contributed by atoms with Crippen molar-refractivity contribution < 1.29 is 14.3 Å². The molecule has 1 aromatic rings. The minimum Gasteiger partial charge on any atom is -0.493 e. The Hall–Kier alpha value is -1.88. The third-order valence-corrected chi connectivity index (χ3v) is 8.04. The second kappa shape index (κ2) is 9.32. The van der Waals surface area contributed by atoms with Gasteiger partial charge >= 0.3 is 0 Å². The van der Waals surface area contributed by atoms with E-state index in [0.717, 1.165) is 75.3 Å². The van der Waals surface area contributed by atoms with E-state index in [4.69, 9.17) is 4.74 Å². The van der Waals surface area contributed by atoms with Gasteiger partial charge in [0.05, 0.1) is 12.6 Å². The normalized spacial score (nSPS) is 26.0. The van der Waals surface area contributed by atoms with Crippen LogP contribution in [0, 0.1) is 11.8 Å². The molecule has 3 heterocycles. The fourth-order valence-corrected chi connectivity index (χ4v) is 6.15. The van der Waals surface area contributed by atoms with Crippen LogP contribution in [0.4, 0.5) is 0 Å². The predicted molar refractivity (Wildman–Crippen MR) is 120 cm³/mol. The lowest BCUT2D eigenvalue weighted by Crippen LogP contribution is -2.47. The summed E-state index contributed by atoms with van der Waals surface area (Å²) in [4.78, 5) is 30.7. The van der Waals surface area contributed by atoms with Crippen LogP contribution in [0.15, 0.2) is 18.2 Å². The van der Waals surface area contributed by atoms with Crippen molar-refractivity contribution in [1.29, 1.82) is 0 Å². The fraction of sp³-hybridized carbons (Fsp3) is 0.692. The van der Waals surface area contributed by atoms with Gasteiger partial charge in [-0.1, -0.05) is 25.7 Å². The zero-order chi connectivity index (χ0) is 21.2. The van der Waals surface area contributed by atoms with E-state index < -0.39 is 0 Å². The Balaban J connectivity index is 1.13. The summed E-state index contributed by atoms with van der Waals surface area (Å²) < 4.78 is 5.57. The highest BCUT2D eigenvalue weighted by molar-refractivity contribution is 5.98. The number of likely N-dealkylation sites (tertiary alicyclic amines) is 2. The predicted octanol–water partition coefficient (Wildman–Crippen LogP) is 4.09. The Morgan fingerprint density at radius 1 is 0.968 bits per heavy atom. The van der Waals surface area contributed by atoms with Crippen LogP contribution in [0.1, 0.15) is 73.7 Å². The number of fused-ring (bicyclic) bond motifs is 1. The summed E-state index contributed by atoms with van der Waals surface area (Å²) in [7, 11) is 0. The monoisotopic (exact) mass is 424 g/mol. The van der Waals surface area contributed by atoms with Crippen molar-refractivity contribution in [3.8, 4) is 5.75 Å². The third kappa shape index (κ3) is 4.52. The van der Waals surface area contributed by atoms with Gasteiger partial charge in [-0.15, -0.1) is 0 Å². The number of nitrogens with zero attached hydrogens (tertiary/aromatic N) is 2. The summed E-state index contributed by atoms with van der Waals surface area (Å²) in [5, 5.41) is 0. The average Bonchev–Trinajstić information content (AvgIpc) is 3.32. The molecule has 31 heavy (non-hydrogen) atoms. The van der Waals surface area contributed by atoms with Crippen molar-refractivity contribution in [3.63, 3.8) is 0 Å². The van der Waals surface area contributed by atoms with Gasteiger partial charge in [-0.3, -0.25) is 14.5 Å². The van der Waals surface area contributed by atoms with Crippen LogP contribution in [0.2, 0.25) is 0 Å². The molecular formula is C26H36N2O3. The van der Waals surface area contributed by atoms with E-state index in [-0.39, 0.29) is 17.7 Å². The van der Waals surface area contributed by atoms with E-state index in [1.807, 2.05) is 18.2 Å². The van der Waals surface area contributed by atoms with Crippen LogP contribution >= 0.6 is 0 Å². The smallest absolute Gasteiger partial charge is 0.240 e. The second-order valence-electron chi connectivity index (χ2n) is 10.0. The molecule has 5 nitrogen and oxygen atoms in total. The van der Waals surface area contributed by atoms with Crippen LogP contribution < -0.4 is 4.74 Å². The summed E-state index contributed by atoms with van der Waals surface area (Å²) >= 11 is 0. The maximum Gasteiger partial charge on any atom is 0.240 e. The van der Waals surface area contributed by atoms with Crippen LogP contribution in [0.3, 0.4) is 0 Å². The van der Waals surface area contributed by atoms with Crippen LogP contribution in [-0.4, -0.2) is 60.3 Å². The Morgan fingerprint density at radius 2 is 1.74 bits per heavy atom. The number of amides is 1. The molecule has 3 aliphatic heterocycles. The number of hydrogen-bond donors (Lipinski definition) is 0. The van der Waals surface area contributed by atoms with Gasteiger partial charge in [0.2, 0.25) is 5.91 Å². The number of ether oxygens (including phenoxy) is 1. The molecule has 1 amide bonds. The van der Waals surface area contributed by atoms with Gasteiger partial charge < -0.3 is 9.64 Å². The lowest BCUT2D eigenvalue weighted by molar-refractivity contribution is -0.133. The number of ketones is 1. The molecule has 1 aromatic carbocycles. The number of carbonyl (C=O) groups excluding carboxylic acids is 2. The molecular weight excluding hydrogens is 388 g/mol. The largest absolute Gasteiger partial charge is 0.493 e. The molecule has 168 valence electrons. The van der Waals surface area contributed by atoms with E-state index >= 15 is 0 Å². The first-order valence-electron chi connectivity index (χ1n) is 12.5. The van der Waals surface area contributed by atoms with E-state index in [1.54, 1.807) is 0 Å². The molecule has 0 aromatic heterocycles. The highest BCUT2D eigenvalue weighted by atomic mass is 16.5. The maximum atomic E-state index is 13.1. The van der Waals surface area contributed by atoms with Crippen LogP contribution in [0.25, 0.3) is 0 Å². The molecule has 4 aliphatic rings. The molecule has 1 saturated carbocycles. The highest BCUT2D eigenvalue weighted by Crippen LogP contribution is 2.31. The van der Waals surface area contributed by atoms with Crippen molar-refractivity contribution in [2.45, 2.75) is 70.3 Å². The number of carbonyl (C=O) groups is 2. The molecule has 0 radical (unpaired) electrons. The molecule has 5 rings (SSSR count). The van der Waals surface area contributed by atoms with Crippen molar-refractivity contribution in [2.24, 2.45) is 11.8 Å². The molecule has 0 bridgehead atoms. The summed E-state index contributed by atoms with van der Waals surface area (Å²) in [6.07, 6.45) is 11.5. The van der Waals surface area contributed by atoms with Crippen molar-refractivity contribution >= 4 is 11.7 Å². The first kappa shape index (κ1) is 21.0. The number of benzene rings is 1. The van der Waals surface area contributed by atoms with Gasteiger partial charge in [-0.2, -0.15) is 0 Å². The summed E-state index contributed by atoms with van der Waals surface area (Å²) in [5.41, 5.74) is 1.99. The third-order valence-electron chi connectivity index (χ3n) is 8.04. The molecule has 3 fully saturated rings. The van der Waals surface area contributed by atoms with Gasteiger partial charge in [-0.25, -0.2) is 0 Å². The van der Waals surface area contributed by atoms with Gasteiger partial charge in [0, 0.05) is 31.0 Å².